The standard InChI is InChI=1S/C24H26FNO2/c1-15(2)20-13-19(28-24-16(3)12-21(26)23(25)17(24)4)10-11-22(20)27-14-18-8-6-5-7-9-18/h5-13,15H,14,26H2,1-4H3. The molecule has 3 rings (SSSR count). The van der Waals surface area contributed by atoms with Crippen molar-refractivity contribution in [2.45, 2.75) is 40.2 Å². The molecule has 4 heteroatoms. The minimum atomic E-state index is -0.438. The number of aryl methyl sites for hydroxylation is 1. The Kier molecular flexibility index (Phi) is 5.88. The van der Waals surface area contributed by atoms with E-state index in [0.717, 1.165) is 22.4 Å². The zero-order valence-corrected chi connectivity index (χ0v) is 16.8. The maximum atomic E-state index is 14.2. The molecule has 0 aliphatic carbocycles. The van der Waals surface area contributed by atoms with E-state index < -0.39 is 5.82 Å². The van der Waals surface area contributed by atoms with Crippen LogP contribution in [0.25, 0.3) is 0 Å². The predicted molar refractivity (Wildman–Crippen MR) is 112 cm³/mol. The molecule has 146 valence electrons. The van der Waals surface area contributed by atoms with Gasteiger partial charge >= 0.3 is 0 Å². The van der Waals surface area contributed by atoms with Gasteiger partial charge in [0.05, 0.1) is 5.69 Å². The van der Waals surface area contributed by atoms with Gasteiger partial charge in [0.15, 0.2) is 5.82 Å². The van der Waals surface area contributed by atoms with Crippen molar-refractivity contribution >= 4 is 5.69 Å². The molecule has 0 aliphatic rings. The molecule has 0 heterocycles. The third-order valence-electron chi connectivity index (χ3n) is 4.71. The fourth-order valence-corrected chi connectivity index (χ4v) is 3.16. The summed E-state index contributed by atoms with van der Waals surface area (Å²) in [5, 5.41) is 0. The number of nitrogens with two attached hydrogens (primary N) is 1. The van der Waals surface area contributed by atoms with E-state index in [1.54, 1.807) is 13.0 Å². The van der Waals surface area contributed by atoms with Crippen LogP contribution in [-0.4, -0.2) is 0 Å². The van der Waals surface area contributed by atoms with Gasteiger partial charge in [0.1, 0.15) is 23.9 Å². The van der Waals surface area contributed by atoms with Crippen molar-refractivity contribution in [3.05, 3.63) is 82.7 Å². The van der Waals surface area contributed by atoms with E-state index in [4.69, 9.17) is 15.2 Å². The molecule has 2 N–H and O–H groups in total. The van der Waals surface area contributed by atoms with Crippen LogP contribution >= 0.6 is 0 Å². The lowest BCUT2D eigenvalue weighted by molar-refractivity contribution is 0.301. The molecule has 0 radical (unpaired) electrons. The van der Waals surface area contributed by atoms with Gasteiger partial charge in [0, 0.05) is 11.1 Å². The van der Waals surface area contributed by atoms with Crippen LogP contribution in [0, 0.1) is 19.7 Å². The third kappa shape index (κ3) is 4.28. The molecule has 0 bridgehead atoms. The summed E-state index contributed by atoms with van der Waals surface area (Å²) in [6, 6.07) is 17.4. The van der Waals surface area contributed by atoms with Crippen LogP contribution < -0.4 is 15.2 Å². The second kappa shape index (κ2) is 8.34. The molecule has 3 nitrogen and oxygen atoms in total. The number of benzene rings is 3. The van der Waals surface area contributed by atoms with Crippen molar-refractivity contribution in [3.8, 4) is 17.2 Å². The summed E-state index contributed by atoms with van der Waals surface area (Å²) in [6.45, 7) is 8.25. The molecule has 0 saturated carbocycles. The zero-order valence-electron chi connectivity index (χ0n) is 16.8. The molecule has 0 unspecified atom stereocenters. The van der Waals surface area contributed by atoms with Gasteiger partial charge in [-0.2, -0.15) is 0 Å². The fraction of sp³-hybridized carbons (Fsp3) is 0.250. The number of ether oxygens (including phenoxy) is 2. The lowest BCUT2D eigenvalue weighted by atomic mass is 10.0. The molecule has 0 saturated heterocycles. The molecule has 0 atom stereocenters. The SMILES string of the molecule is Cc1cc(N)c(F)c(C)c1Oc1ccc(OCc2ccccc2)c(C(C)C)c1. The Labute approximate surface area is 165 Å². The quantitative estimate of drug-likeness (QED) is 0.496. The minimum absolute atomic E-state index is 0.134. The molecule has 0 amide bonds. The number of hydrogen-bond acceptors (Lipinski definition) is 3. The number of rotatable bonds is 6. The first kappa shape index (κ1) is 19.7. The number of halogens is 1. The molecule has 0 spiro atoms. The minimum Gasteiger partial charge on any atom is -0.489 e. The summed E-state index contributed by atoms with van der Waals surface area (Å²) in [5.74, 6) is 1.78. The molecular weight excluding hydrogens is 353 g/mol. The predicted octanol–water partition coefficient (Wildman–Crippen LogP) is 6.52. The molecule has 28 heavy (non-hydrogen) atoms. The van der Waals surface area contributed by atoms with Crippen molar-refractivity contribution in [3.63, 3.8) is 0 Å². The fourth-order valence-electron chi connectivity index (χ4n) is 3.16. The first-order chi connectivity index (χ1) is 13.4. The molecule has 3 aromatic rings. The van der Waals surface area contributed by atoms with Crippen LogP contribution in [0.2, 0.25) is 0 Å². The highest BCUT2D eigenvalue weighted by atomic mass is 19.1. The van der Waals surface area contributed by atoms with Crippen molar-refractivity contribution in [1.82, 2.24) is 0 Å². The lowest BCUT2D eigenvalue weighted by Gasteiger charge is -2.18. The summed E-state index contributed by atoms with van der Waals surface area (Å²) in [5.41, 5.74) is 9.20. The Morgan fingerprint density at radius 2 is 1.71 bits per heavy atom. The van der Waals surface area contributed by atoms with Crippen molar-refractivity contribution in [2.75, 3.05) is 5.73 Å². The third-order valence-corrected chi connectivity index (χ3v) is 4.71. The maximum absolute atomic E-state index is 14.2. The largest absolute Gasteiger partial charge is 0.489 e. The lowest BCUT2D eigenvalue weighted by Crippen LogP contribution is -2.02. The molecule has 0 aromatic heterocycles. The highest BCUT2D eigenvalue weighted by Gasteiger charge is 2.15. The smallest absolute Gasteiger partial charge is 0.152 e. The van der Waals surface area contributed by atoms with Crippen LogP contribution in [0.15, 0.2) is 54.6 Å². The topological polar surface area (TPSA) is 44.5 Å². The van der Waals surface area contributed by atoms with Gasteiger partial charge in [0.25, 0.3) is 0 Å². The van der Waals surface area contributed by atoms with Crippen LogP contribution in [0.4, 0.5) is 10.1 Å². The summed E-state index contributed by atoms with van der Waals surface area (Å²) in [6.07, 6.45) is 0. The summed E-state index contributed by atoms with van der Waals surface area (Å²) in [7, 11) is 0. The molecule has 3 aromatic carbocycles. The first-order valence-corrected chi connectivity index (χ1v) is 9.40. The molecular formula is C24H26FNO2. The van der Waals surface area contributed by atoms with Crippen LogP contribution in [0.1, 0.15) is 42.0 Å². The Balaban J connectivity index is 1.86. The van der Waals surface area contributed by atoms with E-state index in [2.05, 4.69) is 13.8 Å². The monoisotopic (exact) mass is 379 g/mol. The van der Waals surface area contributed by atoms with Gasteiger partial charge in [-0.15, -0.1) is 0 Å². The summed E-state index contributed by atoms with van der Waals surface area (Å²) < 4.78 is 26.3. The van der Waals surface area contributed by atoms with Gasteiger partial charge in [0.2, 0.25) is 0 Å². The van der Waals surface area contributed by atoms with Gasteiger partial charge in [-0.1, -0.05) is 44.2 Å². The molecule has 0 fully saturated rings. The second-order valence-electron chi connectivity index (χ2n) is 7.28. The van der Waals surface area contributed by atoms with Crippen LogP contribution in [-0.2, 0) is 6.61 Å². The number of anilines is 1. The summed E-state index contributed by atoms with van der Waals surface area (Å²) in [4.78, 5) is 0. The maximum Gasteiger partial charge on any atom is 0.152 e. The second-order valence-corrected chi connectivity index (χ2v) is 7.28. The van der Waals surface area contributed by atoms with Gasteiger partial charge in [-0.3, -0.25) is 0 Å². The first-order valence-electron chi connectivity index (χ1n) is 9.40. The van der Waals surface area contributed by atoms with Crippen molar-refractivity contribution in [1.29, 1.82) is 0 Å². The highest BCUT2D eigenvalue weighted by Crippen LogP contribution is 2.36. The van der Waals surface area contributed by atoms with Crippen molar-refractivity contribution < 1.29 is 13.9 Å². The van der Waals surface area contributed by atoms with Crippen LogP contribution in [0.5, 0.6) is 17.2 Å². The van der Waals surface area contributed by atoms with Gasteiger partial charge in [-0.25, -0.2) is 4.39 Å². The Morgan fingerprint density at radius 1 is 1.00 bits per heavy atom. The van der Waals surface area contributed by atoms with E-state index in [1.807, 2.05) is 55.5 Å². The highest BCUT2D eigenvalue weighted by molar-refractivity contribution is 5.55. The van der Waals surface area contributed by atoms with Gasteiger partial charge < -0.3 is 15.2 Å². The average molecular weight is 379 g/mol. The molecule has 0 aliphatic heterocycles. The Morgan fingerprint density at radius 3 is 2.39 bits per heavy atom. The Bertz CT molecular complexity index is 968. The van der Waals surface area contributed by atoms with E-state index in [1.165, 1.54) is 0 Å². The van der Waals surface area contributed by atoms with E-state index in [9.17, 15) is 4.39 Å². The summed E-state index contributed by atoms with van der Waals surface area (Å²) >= 11 is 0. The van der Waals surface area contributed by atoms with E-state index >= 15 is 0 Å². The Hall–Kier alpha value is -3.01. The van der Waals surface area contributed by atoms with Gasteiger partial charge in [-0.05, 0) is 55.2 Å². The van der Waals surface area contributed by atoms with E-state index in [-0.39, 0.29) is 11.6 Å². The van der Waals surface area contributed by atoms with Crippen molar-refractivity contribution in [2.24, 2.45) is 0 Å². The zero-order chi connectivity index (χ0) is 20.3. The van der Waals surface area contributed by atoms with E-state index in [0.29, 0.717) is 23.7 Å². The van der Waals surface area contributed by atoms with Crippen LogP contribution in [0.3, 0.4) is 0 Å². The average Bonchev–Trinajstić information content (AvgIpc) is 2.69. The normalized spacial score (nSPS) is 10.9. The number of hydrogen-bond donors (Lipinski definition) is 1. The number of nitrogen functional groups attached to an aromatic ring is 1.